The average molecular weight is 284 g/mol. The molecule has 0 aromatic carbocycles. The zero-order valence-electron chi connectivity index (χ0n) is 11.4. The third-order valence-corrected chi connectivity index (χ3v) is 2.88. The number of alkyl halides is 3. The van der Waals surface area contributed by atoms with Gasteiger partial charge in [-0.25, -0.2) is 0 Å². The lowest BCUT2D eigenvalue weighted by atomic mass is 10.1. The van der Waals surface area contributed by atoms with Gasteiger partial charge < -0.3 is 15.7 Å². The van der Waals surface area contributed by atoms with E-state index in [1.165, 1.54) is 0 Å². The molecule has 0 heterocycles. The van der Waals surface area contributed by atoms with Crippen molar-refractivity contribution >= 4 is 5.84 Å². The molecule has 0 amide bonds. The lowest BCUT2D eigenvalue weighted by molar-refractivity contribution is -0.172. The fourth-order valence-electron chi connectivity index (χ4n) is 1.62. The minimum atomic E-state index is -4.57. The molecule has 2 unspecified atom stereocenters. The average Bonchev–Trinajstić information content (AvgIpc) is 2.32. The molecule has 0 aliphatic heterocycles. The second kappa shape index (κ2) is 9.01. The van der Waals surface area contributed by atoms with Crippen LogP contribution in [0.4, 0.5) is 13.2 Å². The van der Waals surface area contributed by atoms with Crippen LogP contribution in [-0.2, 0) is 4.74 Å². The van der Waals surface area contributed by atoms with Gasteiger partial charge in [-0.05, 0) is 13.3 Å². The van der Waals surface area contributed by atoms with E-state index >= 15 is 0 Å². The molecule has 0 saturated carbocycles. The molecule has 7 heteroatoms. The topological polar surface area (TPSA) is 67.8 Å². The summed E-state index contributed by atoms with van der Waals surface area (Å²) in [6.45, 7) is 3.20. The van der Waals surface area contributed by atoms with Crippen molar-refractivity contribution in [1.29, 1.82) is 0 Å². The van der Waals surface area contributed by atoms with Crippen LogP contribution < -0.4 is 5.73 Å². The molecule has 0 fully saturated rings. The van der Waals surface area contributed by atoms with Gasteiger partial charge in [-0.15, -0.1) is 0 Å². The zero-order chi connectivity index (χ0) is 14.9. The third kappa shape index (κ3) is 7.92. The molecule has 0 aliphatic rings. The predicted molar refractivity (Wildman–Crippen MR) is 67.1 cm³/mol. The molecule has 0 radical (unpaired) electrons. The lowest BCUT2D eigenvalue weighted by Gasteiger charge is -2.21. The Morgan fingerprint density at radius 2 is 1.95 bits per heavy atom. The van der Waals surface area contributed by atoms with Crippen LogP contribution in [0.1, 0.15) is 46.0 Å². The minimum Gasteiger partial charge on any atom is -0.409 e. The summed E-state index contributed by atoms with van der Waals surface area (Å²) >= 11 is 0. The highest BCUT2D eigenvalue weighted by Gasteiger charge is 2.43. The Kier molecular flexibility index (Phi) is 8.54. The van der Waals surface area contributed by atoms with Crippen LogP contribution in [0.15, 0.2) is 5.16 Å². The Balaban J connectivity index is 4.11. The van der Waals surface area contributed by atoms with Crippen molar-refractivity contribution in [3.8, 4) is 0 Å². The zero-order valence-corrected chi connectivity index (χ0v) is 11.4. The second-order valence-electron chi connectivity index (χ2n) is 4.61. The van der Waals surface area contributed by atoms with Gasteiger partial charge in [-0.2, -0.15) is 13.2 Å². The van der Waals surface area contributed by atoms with Crippen molar-refractivity contribution in [2.75, 3.05) is 6.61 Å². The van der Waals surface area contributed by atoms with Crippen molar-refractivity contribution in [1.82, 2.24) is 0 Å². The number of oxime groups is 1. The highest BCUT2D eigenvalue weighted by atomic mass is 19.4. The number of nitrogens with zero attached hydrogens (tertiary/aromatic N) is 1. The fourth-order valence-corrected chi connectivity index (χ4v) is 1.62. The number of nitrogens with two attached hydrogens (primary N) is 1. The molecule has 0 rings (SSSR count). The van der Waals surface area contributed by atoms with Crippen LogP contribution in [0.5, 0.6) is 0 Å². The first-order valence-electron chi connectivity index (χ1n) is 6.48. The molecule has 3 N–H and O–H groups in total. The van der Waals surface area contributed by atoms with Crippen LogP contribution in [0.25, 0.3) is 0 Å². The Hall–Kier alpha value is -0.980. The van der Waals surface area contributed by atoms with Crippen molar-refractivity contribution in [3.63, 3.8) is 0 Å². The van der Waals surface area contributed by atoms with Gasteiger partial charge in [0.1, 0.15) is 5.92 Å². The number of rotatable bonds is 9. The summed E-state index contributed by atoms with van der Waals surface area (Å²) in [6.07, 6.45) is 0.0615. The smallest absolute Gasteiger partial charge is 0.401 e. The summed E-state index contributed by atoms with van der Waals surface area (Å²) in [5, 5.41) is 10.8. The van der Waals surface area contributed by atoms with Crippen molar-refractivity contribution < 1.29 is 23.1 Å². The molecular weight excluding hydrogens is 261 g/mol. The number of amidine groups is 1. The quantitative estimate of drug-likeness (QED) is 0.224. The summed E-state index contributed by atoms with van der Waals surface area (Å²) in [5.41, 5.74) is 5.03. The molecule has 0 aliphatic carbocycles. The normalized spacial score (nSPS) is 16.4. The number of halogens is 3. The van der Waals surface area contributed by atoms with Gasteiger partial charge in [-0.3, -0.25) is 0 Å². The summed E-state index contributed by atoms with van der Waals surface area (Å²) in [5.74, 6) is -2.93. The maximum atomic E-state index is 12.6. The van der Waals surface area contributed by atoms with Gasteiger partial charge in [0.05, 0.1) is 12.7 Å². The summed E-state index contributed by atoms with van der Waals surface area (Å²) in [6, 6.07) is 0. The maximum absolute atomic E-state index is 12.6. The fraction of sp³-hybridized carbons (Fsp3) is 0.917. The van der Waals surface area contributed by atoms with Crippen molar-refractivity contribution in [2.24, 2.45) is 16.8 Å². The highest BCUT2D eigenvalue weighted by molar-refractivity contribution is 5.83. The van der Waals surface area contributed by atoms with E-state index in [0.717, 1.165) is 25.7 Å². The molecular formula is C12H23F3N2O2. The largest absolute Gasteiger partial charge is 0.409 e. The van der Waals surface area contributed by atoms with Gasteiger partial charge in [0, 0.05) is 0 Å². The Labute approximate surface area is 111 Å². The van der Waals surface area contributed by atoms with Crippen LogP contribution in [0.3, 0.4) is 0 Å². The first-order chi connectivity index (χ1) is 8.82. The standard InChI is InChI=1S/C12H23F3N2O2/c1-3-4-5-6-7-9(2)19-8-10(11(16)17-18)12(13,14)15/h9-10,18H,3-8H2,1-2H3,(H2,16,17). The van der Waals surface area contributed by atoms with Crippen LogP contribution >= 0.6 is 0 Å². The molecule has 4 nitrogen and oxygen atoms in total. The van der Waals surface area contributed by atoms with E-state index in [0.29, 0.717) is 6.42 Å². The third-order valence-electron chi connectivity index (χ3n) is 2.88. The van der Waals surface area contributed by atoms with Gasteiger partial charge >= 0.3 is 6.18 Å². The minimum absolute atomic E-state index is 0.270. The maximum Gasteiger partial charge on any atom is 0.401 e. The van der Waals surface area contributed by atoms with Crippen LogP contribution in [-0.4, -0.2) is 29.9 Å². The molecule has 0 saturated heterocycles. The molecule has 114 valence electrons. The van der Waals surface area contributed by atoms with Crippen molar-refractivity contribution in [3.05, 3.63) is 0 Å². The van der Waals surface area contributed by atoms with Crippen LogP contribution in [0, 0.1) is 5.92 Å². The van der Waals surface area contributed by atoms with E-state index in [1.807, 2.05) is 0 Å². The first-order valence-corrected chi connectivity index (χ1v) is 6.48. The first kappa shape index (κ1) is 18.0. The highest BCUT2D eigenvalue weighted by Crippen LogP contribution is 2.27. The van der Waals surface area contributed by atoms with E-state index < -0.39 is 24.5 Å². The lowest BCUT2D eigenvalue weighted by Crippen LogP contribution is -2.40. The summed E-state index contributed by atoms with van der Waals surface area (Å²) in [7, 11) is 0. The van der Waals surface area contributed by atoms with Gasteiger partial charge in [0.2, 0.25) is 0 Å². The molecule has 0 spiro atoms. The number of hydrogen-bond acceptors (Lipinski definition) is 3. The molecule has 19 heavy (non-hydrogen) atoms. The molecule has 0 aromatic heterocycles. The predicted octanol–water partition coefficient (Wildman–Crippen LogP) is 3.29. The van der Waals surface area contributed by atoms with E-state index in [-0.39, 0.29) is 6.10 Å². The van der Waals surface area contributed by atoms with Crippen molar-refractivity contribution in [2.45, 2.75) is 58.2 Å². The molecule has 0 aromatic rings. The summed E-state index contributed by atoms with van der Waals surface area (Å²) in [4.78, 5) is 0. The molecule has 2 atom stereocenters. The second-order valence-corrected chi connectivity index (χ2v) is 4.61. The SMILES string of the molecule is CCCCCCC(C)OCC(C(N)=NO)C(F)(F)F. The van der Waals surface area contributed by atoms with E-state index in [9.17, 15) is 13.2 Å². The Bertz CT molecular complexity index is 270. The number of unbranched alkanes of at least 4 members (excludes halogenated alkanes) is 3. The van der Waals surface area contributed by atoms with Gasteiger partial charge in [0.15, 0.2) is 5.84 Å². The Morgan fingerprint density at radius 1 is 1.32 bits per heavy atom. The Morgan fingerprint density at radius 3 is 2.42 bits per heavy atom. The van der Waals surface area contributed by atoms with Crippen LogP contribution in [0.2, 0.25) is 0 Å². The van der Waals surface area contributed by atoms with E-state index in [2.05, 4.69) is 12.1 Å². The van der Waals surface area contributed by atoms with E-state index in [1.54, 1.807) is 6.92 Å². The number of ether oxygens (including phenoxy) is 1. The van der Waals surface area contributed by atoms with Gasteiger partial charge in [-0.1, -0.05) is 37.8 Å². The molecule has 0 bridgehead atoms. The summed E-state index contributed by atoms with van der Waals surface area (Å²) < 4.78 is 43.0. The monoisotopic (exact) mass is 284 g/mol. The van der Waals surface area contributed by atoms with Gasteiger partial charge in [0.25, 0.3) is 0 Å². The van der Waals surface area contributed by atoms with E-state index in [4.69, 9.17) is 15.7 Å². The number of hydrogen-bond donors (Lipinski definition) is 2.